The number of fused-ring (bicyclic) bond motifs is 1. The predicted octanol–water partition coefficient (Wildman–Crippen LogP) is 3.20. The number of nitrogens with zero attached hydrogens (tertiary/aromatic N) is 1. The first-order chi connectivity index (χ1) is 14.3. The number of piperidine rings is 2. The molecule has 1 aromatic rings. The molecule has 4 fully saturated rings. The molecule has 4 bridgehead atoms. The molecule has 0 radical (unpaired) electrons. The van der Waals surface area contributed by atoms with Crippen LogP contribution in [0.5, 0.6) is 0 Å². The molecule has 4 aliphatic rings. The van der Waals surface area contributed by atoms with Gasteiger partial charge in [-0.25, -0.2) is 0 Å². The van der Waals surface area contributed by atoms with E-state index >= 15 is 0 Å². The summed E-state index contributed by atoms with van der Waals surface area (Å²) in [5.74, 6) is 1.77. The number of hydrogen-bond donors (Lipinski definition) is 2. The van der Waals surface area contributed by atoms with Crippen LogP contribution in [0.4, 0.5) is 0 Å². The predicted molar refractivity (Wildman–Crippen MR) is 119 cm³/mol. The van der Waals surface area contributed by atoms with Gasteiger partial charge in [0.25, 0.3) is 0 Å². The average molecular weight is 412 g/mol. The number of carbonyl (C=O) groups excluding carboxylic acids is 2. The van der Waals surface area contributed by atoms with E-state index in [1.54, 1.807) is 0 Å². The summed E-state index contributed by atoms with van der Waals surface area (Å²) in [4.78, 5) is 29.3. The van der Waals surface area contributed by atoms with Crippen molar-refractivity contribution >= 4 is 11.8 Å². The maximum absolute atomic E-state index is 13.7. The molecule has 164 valence electrons. The molecule has 5 atom stereocenters. The van der Waals surface area contributed by atoms with E-state index in [4.69, 9.17) is 0 Å². The molecule has 0 aromatic heterocycles. The fourth-order valence-electron chi connectivity index (χ4n) is 6.26. The molecule has 30 heavy (non-hydrogen) atoms. The van der Waals surface area contributed by atoms with E-state index in [2.05, 4.69) is 43.2 Å². The highest BCUT2D eigenvalue weighted by atomic mass is 16.2. The lowest BCUT2D eigenvalue weighted by molar-refractivity contribution is -0.154. The van der Waals surface area contributed by atoms with E-state index < -0.39 is 5.54 Å². The molecule has 3 saturated heterocycles. The Labute approximate surface area is 181 Å². The van der Waals surface area contributed by atoms with Crippen LogP contribution in [0, 0.1) is 29.6 Å². The Balaban J connectivity index is 1.63. The summed E-state index contributed by atoms with van der Waals surface area (Å²) in [6, 6.07) is 10.1. The molecule has 1 aliphatic carbocycles. The smallest absolute Gasteiger partial charge is 0.248 e. The van der Waals surface area contributed by atoms with Gasteiger partial charge in [-0.15, -0.1) is 0 Å². The highest BCUT2D eigenvalue weighted by Crippen LogP contribution is 2.54. The second-order valence-electron chi connectivity index (χ2n) is 10.5. The van der Waals surface area contributed by atoms with Gasteiger partial charge in [0.1, 0.15) is 5.54 Å². The molecule has 3 heterocycles. The lowest BCUT2D eigenvalue weighted by atomic mass is 9.58. The summed E-state index contributed by atoms with van der Waals surface area (Å²) < 4.78 is 0. The number of hydrogen-bond acceptors (Lipinski definition) is 3. The first-order valence-corrected chi connectivity index (χ1v) is 11.7. The monoisotopic (exact) mass is 411 g/mol. The van der Waals surface area contributed by atoms with E-state index in [1.807, 2.05) is 30.3 Å². The first kappa shape index (κ1) is 21.4. The van der Waals surface area contributed by atoms with E-state index in [1.165, 1.54) is 0 Å². The number of likely N-dealkylation sites (tertiary alicyclic amines) is 1. The normalized spacial score (nSPS) is 32.7. The van der Waals surface area contributed by atoms with Gasteiger partial charge in [-0.3, -0.25) is 14.5 Å². The fraction of sp³-hybridized carbons (Fsp3) is 0.680. The van der Waals surface area contributed by atoms with E-state index in [-0.39, 0.29) is 35.6 Å². The van der Waals surface area contributed by atoms with Crippen molar-refractivity contribution in [2.24, 2.45) is 29.6 Å². The lowest BCUT2D eigenvalue weighted by Crippen LogP contribution is -2.77. The highest BCUT2D eigenvalue weighted by molar-refractivity contribution is 5.97. The molecule has 3 aliphatic heterocycles. The molecule has 1 aromatic carbocycles. The Bertz CT molecular complexity index is 778. The minimum absolute atomic E-state index is 0.00801. The van der Waals surface area contributed by atoms with E-state index in [0.717, 1.165) is 37.9 Å². The van der Waals surface area contributed by atoms with Crippen molar-refractivity contribution in [3.63, 3.8) is 0 Å². The fourth-order valence-corrected chi connectivity index (χ4v) is 6.26. The van der Waals surface area contributed by atoms with Gasteiger partial charge in [0, 0.05) is 37.5 Å². The van der Waals surface area contributed by atoms with Crippen LogP contribution in [-0.4, -0.2) is 41.4 Å². The van der Waals surface area contributed by atoms with Crippen LogP contribution in [-0.2, 0) is 16.1 Å². The van der Waals surface area contributed by atoms with Crippen LogP contribution in [0.2, 0.25) is 0 Å². The topological polar surface area (TPSA) is 61.4 Å². The van der Waals surface area contributed by atoms with Gasteiger partial charge < -0.3 is 10.6 Å². The number of carbonyl (C=O) groups is 2. The number of rotatable bonds is 8. The maximum atomic E-state index is 13.7. The Kier molecular flexibility index (Phi) is 5.93. The van der Waals surface area contributed by atoms with Gasteiger partial charge in [-0.1, -0.05) is 64.4 Å². The van der Waals surface area contributed by atoms with Gasteiger partial charge in [-0.05, 0) is 36.2 Å². The van der Waals surface area contributed by atoms with Crippen LogP contribution in [0.25, 0.3) is 0 Å². The highest BCUT2D eigenvalue weighted by Gasteiger charge is 2.70. The van der Waals surface area contributed by atoms with Crippen LogP contribution in [0.1, 0.15) is 52.5 Å². The zero-order valence-corrected chi connectivity index (χ0v) is 18.9. The van der Waals surface area contributed by atoms with Crippen molar-refractivity contribution < 1.29 is 9.59 Å². The van der Waals surface area contributed by atoms with E-state index in [9.17, 15) is 9.59 Å². The summed E-state index contributed by atoms with van der Waals surface area (Å²) >= 11 is 0. The lowest BCUT2D eigenvalue weighted by Gasteiger charge is -2.55. The Morgan fingerprint density at radius 3 is 2.60 bits per heavy atom. The van der Waals surface area contributed by atoms with Crippen LogP contribution < -0.4 is 10.6 Å². The molecule has 5 nitrogen and oxygen atoms in total. The van der Waals surface area contributed by atoms with Crippen molar-refractivity contribution in [3.05, 3.63) is 35.9 Å². The largest absolute Gasteiger partial charge is 0.350 e. The van der Waals surface area contributed by atoms with Crippen molar-refractivity contribution in [2.45, 2.75) is 65.1 Å². The first-order valence-electron chi connectivity index (χ1n) is 11.7. The minimum atomic E-state index is -0.781. The number of amides is 2. The molecule has 5 rings (SSSR count). The zero-order chi connectivity index (χ0) is 21.5. The molecule has 0 unspecified atom stereocenters. The summed E-state index contributed by atoms with van der Waals surface area (Å²) in [6.45, 7) is 11.4. The quantitative estimate of drug-likeness (QED) is 0.691. The maximum Gasteiger partial charge on any atom is 0.248 e. The van der Waals surface area contributed by atoms with Gasteiger partial charge in [-0.2, -0.15) is 0 Å². The molecule has 1 saturated carbocycles. The second-order valence-corrected chi connectivity index (χ2v) is 10.5. The third kappa shape index (κ3) is 3.66. The van der Waals surface area contributed by atoms with E-state index in [0.29, 0.717) is 18.4 Å². The molecular formula is C25H37N3O2. The minimum Gasteiger partial charge on any atom is -0.350 e. The summed E-state index contributed by atoms with van der Waals surface area (Å²) in [6.07, 6.45) is 2.97. The summed E-state index contributed by atoms with van der Waals surface area (Å²) in [5.41, 5.74) is 0.303. The summed E-state index contributed by atoms with van der Waals surface area (Å²) in [5, 5.41) is 6.44. The Morgan fingerprint density at radius 2 is 1.93 bits per heavy atom. The Hall–Kier alpha value is -1.88. The average Bonchev–Trinajstić information content (AvgIpc) is 2.91. The van der Waals surface area contributed by atoms with Crippen molar-refractivity contribution in [3.8, 4) is 0 Å². The molecule has 0 spiro atoms. The molecule has 2 N–H and O–H groups in total. The number of benzene rings is 1. The molecule has 5 heteroatoms. The third-order valence-electron chi connectivity index (χ3n) is 7.44. The van der Waals surface area contributed by atoms with Crippen molar-refractivity contribution in [1.82, 2.24) is 15.5 Å². The zero-order valence-electron chi connectivity index (χ0n) is 18.9. The van der Waals surface area contributed by atoms with Crippen molar-refractivity contribution in [1.29, 1.82) is 0 Å². The standard InChI is InChI=1S/C25H37N3O2/c1-16(2)10-11-20-21-12-19-15-28(14-17(3)4)22(20)25(19,27-23(21)29)24(30)26-13-18-8-6-5-7-9-18/h5-9,16-17,19-22H,10-15H2,1-4H3,(H,26,30)(H,27,29)/t19-,20+,21+,22-,25-/m0/s1. The second kappa shape index (κ2) is 8.33. The van der Waals surface area contributed by atoms with Gasteiger partial charge in [0.15, 0.2) is 0 Å². The van der Waals surface area contributed by atoms with Gasteiger partial charge in [0.2, 0.25) is 11.8 Å². The Morgan fingerprint density at radius 1 is 1.20 bits per heavy atom. The van der Waals surface area contributed by atoms with Crippen LogP contribution in [0.3, 0.4) is 0 Å². The van der Waals surface area contributed by atoms with Crippen LogP contribution >= 0.6 is 0 Å². The summed E-state index contributed by atoms with van der Waals surface area (Å²) in [7, 11) is 0. The van der Waals surface area contributed by atoms with Gasteiger partial charge in [0.05, 0.1) is 0 Å². The number of nitrogens with one attached hydrogen (secondary N) is 2. The van der Waals surface area contributed by atoms with Gasteiger partial charge >= 0.3 is 0 Å². The third-order valence-corrected chi connectivity index (χ3v) is 7.44. The SMILES string of the molecule is CC(C)CC[C@H]1[C@@H]2N(CC(C)C)C[C@@H]3C[C@H]1C(=O)N[C@@]32C(=O)NCc1ccccc1. The van der Waals surface area contributed by atoms with Crippen LogP contribution in [0.15, 0.2) is 30.3 Å². The molecule has 2 amide bonds. The molecular weight excluding hydrogens is 374 g/mol. The van der Waals surface area contributed by atoms with Crippen molar-refractivity contribution in [2.75, 3.05) is 13.1 Å².